The summed E-state index contributed by atoms with van der Waals surface area (Å²) in [5.74, 6) is -2.35. The normalized spacial score (nSPS) is 12.3. The highest BCUT2D eigenvalue weighted by molar-refractivity contribution is 5.98. The predicted molar refractivity (Wildman–Crippen MR) is 61.2 cm³/mol. The molecule has 0 radical (unpaired) electrons. The Kier molecular flexibility index (Phi) is 4.16. The molecule has 0 unspecified atom stereocenters. The Morgan fingerprint density at radius 3 is 2.29 bits per heavy atom. The van der Waals surface area contributed by atoms with Crippen molar-refractivity contribution in [2.75, 3.05) is 0 Å². The Balaban J connectivity index is 3.15. The molecule has 88 valence electrons. The number of nitrogens with zero attached hydrogens (tertiary/aromatic N) is 1. The second-order valence-corrected chi connectivity index (χ2v) is 3.31. The number of pyridine rings is 1. The molecular formula is C12H11NO4. The molecule has 1 aromatic heterocycles. The Hall–Kier alpha value is -2.43. The summed E-state index contributed by atoms with van der Waals surface area (Å²) in [4.78, 5) is 25.3. The van der Waals surface area contributed by atoms with Crippen molar-refractivity contribution in [3.63, 3.8) is 0 Å². The van der Waals surface area contributed by atoms with E-state index in [2.05, 4.69) is 4.98 Å². The first-order valence-corrected chi connectivity index (χ1v) is 4.77. The van der Waals surface area contributed by atoms with Gasteiger partial charge in [0.2, 0.25) is 0 Å². The standard InChI is InChI=1S/C12H11NO4/c1-8(6-11(14)15)10(12(16)17)7-9-2-4-13-5-3-9/h2-7H,1H3,(H,14,15)(H,16,17)/b8-6-,10-7+. The zero-order chi connectivity index (χ0) is 12.8. The van der Waals surface area contributed by atoms with Crippen molar-refractivity contribution in [1.29, 1.82) is 0 Å². The molecule has 1 aromatic rings. The highest BCUT2D eigenvalue weighted by Crippen LogP contribution is 2.14. The molecule has 0 saturated carbocycles. The zero-order valence-electron chi connectivity index (χ0n) is 9.12. The number of hydrogen-bond donors (Lipinski definition) is 2. The lowest BCUT2D eigenvalue weighted by Crippen LogP contribution is -2.03. The van der Waals surface area contributed by atoms with E-state index < -0.39 is 11.9 Å². The van der Waals surface area contributed by atoms with Crippen LogP contribution >= 0.6 is 0 Å². The average molecular weight is 233 g/mol. The predicted octanol–water partition coefficient (Wildman–Crippen LogP) is 1.58. The monoisotopic (exact) mass is 233 g/mol. The summed E-state index contributed by atoms with van der Waals surface area (Å²) in [6.07, 6.45) is 5.32. The Bertz CT molecular complexity index is 488. The van der Waals surface area contributed by atoms with E-state index in [1.807, 2.05) is 0 Å². The molecule has 0 aliphatic carbocycles. The van der Waals surface area contributed by atoms with E-state index in [4.69, 9.17) is 10.2 Å². The average Bonchev–Trinajstić information content (AvgIpc) is 2.25. The second-order valence-electron chi connectivity index (χ2n) is 3.31. The lowest BCUT2D eigenvalue weighted by atomic mass is 10.0. The van der Waals surface area contributed by atoms with E-state index in [0.29, 0.717) is 5.56 Å². The van der Waals surface area contributed by atoms with Crippen LogP contribution in [0.4, 0.5) is 0 Å². The maximum absolute atomic E-state index is 11.0. The maximum atomic E-state index is 11.0. The van der Waals surface area contributed by atoms with Gasteiger partial charge < -0.3 is 10.2 Å². The highest BCUT2D eigenvalue weighted by Gasteiger charge is 2.10. The number of carboxylic acid groups (broad SMARTS) is 2. The molecule has 0 spiro atoms. The molecule has 5 heteroatoms. The van der Waals surface area contributed by atoms with Crippen LogP contribution in [-0.2, 0) is 9.59 Å². The first kappa shape index (κ1) is 12.6. The Labute approximate surface area is 97.7 Å². The van der Waals surface area contributed by atoms with Gasteiger partial charge in [-0.05, 0) is 36.3 Å². The van der Waals surface area contributed by atoms with Crippen molar-refractivity contribution in [2.24, 2.45) is 0 Å². The minimum Gasteiger partial charge on any atom is -0.478 e. The van der Waals surface area contributed by atoms with Crippen LogP contribution in [0.25, 0.3) is 6.08 Å². The van der Waals surface area contributed by atoms with Gasteiger partial charge in [0, 0.05) is 18.5 Å². The smallest absolute Gasteiger partial charge is 0.335 e. The van der Waals surface area contributed by atoms with Crippen molar-refractivity contribution < 1.29 is 19.8 Å². The largest absolute Gasteiger partial charge is 0.478 e. The van der Waals surface area contributed by atoms with Crippen molar-refractivity contribution in [2.45, 2.75) is 6.92 Å². The SMILES string of the molecule is CC(=C/C(=O)O)/C(=C\c1ccncc1)C(=O)O. The third-order valence-corrected chi connectivity index (χ3v) is 2.01. The minimum absolute atomic E-state index is 0.0569. The van der Waals surface area contributed by atoms with Gasteiger partial charge in [-0.2, -0.15) is 0 Å². The highest BCUT2D eigenvalue weighted by atomic mass is 16.4. The van der Waals surface area contributed by atoms with Crippen molar-refractivity contribution in [3.8, 4) is 0 Å². The first-order chi connectivity index (χ1) is 8.00. The molecule has 0 amide bonds. The summed E-state index contributed by atoms with van der Waals surface area (Å²) < 4.78 is 0. The van der Waals surface area contributed by atoms with Crippen LogP contribution in [0.2, 0.25) is 0 Å². The lowest BCUT2D eigenvalue weighted by Gasteiger charge is -2.02. The number of aliphatic carboxylic acids is 2. The molecule has 5 nitrogen and oxygen atoms in total. The van der Waals surface area contributed by atoms with Crippen LogP contribution in [0.3, 0.4) is 0 Å². The van der Waals surface area contributed by atoms with Crippen LogP contribution in [0.15, 0.2) is 41.7 Å². The summed E-state index contributed by atoms with van der Waals surface area (Å²) in [7, 11) is 0. The number of carbonyl (C=O) groups is 2. The molecule has 17 heavy (non-hydrogen) atoms. The van der Waals surface area contributed by atoms with Gasteiger partial charge in [0.05, 0.1) is 5.57 Å². The molecule has 0 fully saturated rings. The van der Waals surface area contributed by atoms with Gasteiger partial charge >= 0.3 is 11.9 Å². The fourth-order valence-electron chi connectivity index (χ4n) is 1.23. The number of carboxylic acids is 2. The van der Waals surface area contributed by atoms with Crippen molar-refractivity contribution in [1.82, 2.24) is 4.98 Å². The molecule has 1 rings (SSSR count). The summed E-state index contributed by atoms with van der Waals surface area (Å²) in [5, 5.41) is 17.6. The molecule has 0 aliphatic rings. The fourth-order valence-corrected chi connectivity index (χ4v) is 1.23. The molecule has 0 bridgehead atoms. The number of aromatic nitrogens is 1. The van der Waals surface area contributed by atoms with Crippen LogP contribution in [0.5, 0.6) is 0 Å². The number of rotatable bonds is 4. The summed E-state index contributed by atoms with van der Waals surface area (Å²) >= 11 is 0. The van der Waals surface area contributed by atoms with E-state index in [9.17, 15) is 9.59 Å². The van der Waals surface area contributed by atoms with Gasteiger partial charge in [0.15, 0.2) is 0 Å². The van der Waals surface area contributed by atoms with Crippen LogP contribution in [0, 0.1) is 0 Å². The summed E-state index contributed by atoms with van der Waals surface area (Å²) in [6, 6.07) is 3.27. The fraction of sp³-hybridized carbons (Fsp3) is 0.0833. The maximum Gasteiger partial charge on any atom is 0.335 e. The molecule has 2 N–H and O–H groups in total. The molecule has 1 heterocycles. The Morgan fingerprint density at radius 1 is 1.24 bits per heavy atom. The molecule has 0 saturated heterocycles. The third-order valence-electron chi connectivity index (χ3n) is 2.01. The lowest BCUT2D eigenvalue weighted by molar-refractivity contribution is -0.132. The molecule has 0 aromatic carbocycles. The molecule has 0 aliphatic heterocycles. The van der Waals surface area contributed by atoms with E-state index in [1.54, 1.807) is 12.1 Å². The van der Waals surface area contributed by atoms with Crippen molar-refractivity contribution in [3.05, 3.63) is 47.3 Å². The van der Waals surface area contributed by atoms with E-state index in [0.717, 1.165) is 6.08 Å². The molecule has 0 atom stereocenters. The van der Waals surface area contributed by atoms with Crippen LogP contribution in [0.1, 0.15) is 12.5 Å². The second kappa shape index (κ2) is 5.60. The van der Waals surface area contributed by atoms with Gasteiger partial charge in [-0.15, -0.1) is 0 Å². The van der Waals surface area contributed by atoms with E-state index in [1.165, 1.54) is 25.4 Å². The van der Waals surface area contributed by atoms with Crippen molar-refractivity contribution >= 4 is 18.0 Å². The van der Waals surface area contributed by atoms with Gasteiger partial charge in [-0.3, -0.25) is 4.98 Å². The quantitative estimate of drug-likeness (QED) is 0.609. The van der Waals surface area contributed by atoms with Crippen LogP contribution in [-0.4, -0.2) is 27.1 Å². The van der Waals surface area contributed by atoms with E-state index >= 15 is 0 Å². The van der Waals surface area contributed by atoms with Gasteiger partial charge in [-0.1, -0.05) is 0 Å². The zero-order valence-corrected chi connectivity index (χ0v) is 9.12. The van der Waals surface area contributed by atoms with Gasteiger partial charge in [0.25, 0.3) is 0 Å². The van der Waals surface area contributed by atoms with Crippen LogP contribution < -0.4 is 0 Å². The molecular weight excluding hydrogens is 222 g/mol. The van der Waals surface area contributed by atoms with Gasteiger partial charge in [0.1, 0.15) is 0 Å². The summed E-state index contributed by atoms with van der Waals surface area (Å²) in [6.45, 7) is 1.44. The summed E-state index contributed by atoms with van der Waals surface area (Å²) in [5.41, 5.74) is 0.774. The number of hydrogen-bond acceptors (Lipinski definition) is 3. The van der Waals surface area contributed by atoms with E-state index in [-0.39, 0.29) is 11.1 Å². The van der Waals surface area contributed by atoms with Gasteiger partial charge in [-0.25, -0.2) is 9.59 Å². The first-order valence-electron chi connectivity index (χ1n) is 4.77. The topological polar surface area (TPSA) is 87.5 Å². The third kappa shape index (κ3) is 3.90. The minimum atomic E-state index is -1.18. The Morgan fingerprint density at radius 2 is 1.82 bits per heavy atom.